The molecule has 2 atom stereocenters. The topological polar surface area (TPSA) is 55.4 Å². The molecular weight excluding hydrogens is 274 g/mol. The highest BCUT2D eigenvalue weighted by atomic mass is 32.2. The quantitative estimate of drug-likeness (QED) is 0.871. The molecule has 2 rings (SSSR count). The van der Waals surface area contributed by atoms with Crippen LogP contribution < -0.4 is 5.32 Å². The molecule has 1 fully saturated rings. The van der Waals surface area contributed by atoms with Gasteiger partial charge in [0.1, 0.15) is 0 Å². The smallest absolute Gasteiger partial charge is 0.151 e. The highest BCUT2D eigenvalue weighted by Crippen LogP contribution is 2.25. The van der Waals surface area contributed by atoms with Crippen molar-refractivity contribution in [2.24, 2.45) is 0 Å². The Morgan fingerprint density at radius 3 is 2.60 bits per heavy atom. The molecule has 2 unspecified atom stereocenters. The average molecular weight is 297 g/mol. The molecule has 20 heavy (non-hydrogen) atoms. The maximum atomic E-state index is 11.8. The number of hydrogen-bond donors (Lipinski definition) is 1. The van der Waals surface area contributed by atoms with Crippen LogP contribution in [0.3, 0.4) is 0 Å². The first-order valence-corrected chi connectivity index (χ1v) is 8.96. The lowest BCUT2D eigenvalue weighted by Crippen LogP contribution is -2.39. The first-order chi connectivity index (χ1) is 9.52. The van der Waals surface area contributed by atoms with Crippen LogP contribution in [-0.4, -0.2) is 33.1 Å². The van der Waals surface area contributed by atoms with Gasteiger partial charge in [-0.15, -0.1) is 0 Å². The minimum absolute atomic E-state index is 0.0700. The summed E-state index contributed by atoms with van der Waals surface area (Å²) in [6.45, 7) is 1.27. The second kappa shape index (κ2) is 6.70. The van der Waals surface area contributed by atoms with Crippen molar-refractivity contribution >= 4 is 9.84 Å². The molecule has 0 heterocycles. The Morgan fingerprint density at radius 1 is 1.25 bits per heavy atom. The third-order valence-corrected chi connectivity index (χ3v) is 5.64. The van der Waals surface area contributed by atoms with Crippen molar-refractivity contribution in [3.05, 3.63) is 35.4 Å². The summed E-state index contributed by atoms with van der Waals surface area (Å²) in [6, 6.07) is 8.17. The van der Waals surface area contributed by atoms with Gasteiger partial charge in [0.2, 0.25) is 0 Å². The fourth-order valence-corrected chi connectivity index (χ4v) is 4.36. The summed E-state index contributed by atoms with van der Waals surface area (Å²) in [5.74, 6) is 0. The van der Waals surface area contributed by atoms with E-state index in [1.165, 1.54) is 11.8 Å². The van der Waals surface area contributed by atoms with Crippen molar-refractivity contribution in [2.75, 3.05) is 13.4 Å². The third kappa shape index (κ3) is 3.81. The summed E-state index contributed by atoms with van der Waals surface area (Å²) < 4.78 is 28.7. The Bertz CT molecular complexity index is 542. The molecule has 0 spiro atoms. The number of benzene rings is 1. The summed E-state index contributed by atoms with van der Waals surface area (Å²) in [7, 11) is -1.28. The van der Waals surface area contributed by atoms with Gasteiger partial charge in [-0.2, -0.15) is 0 Å². The van der Waals surface area contributed by atoms with Crippen molar-refractivity contribution in [2.45, 2.75) is 43.7 Å². The summed E-state index contributed by atoms with van der Waals surface area (Å²) in [6.07, 6.45) is 4.03. The van der Waals surface area contributed by atoms with Gasteiger partial charge in [-0.05, 0) is 24.0 Å². The molecule has 0 bridgehead atoms. The van der Waals surface area contributed by atoms with Gasteiger partial charge in [0.25, 0.3) is 0 Å². The Kier molecular flexibility index (Phi) is 5.18. The van der Waals surface area contributed by atoms with Gasteiger partial charge in [-0.25, -0.2) is 8.42 Å². The third-order valence-electron chi connectivity index (χ3n) is 3.98. The fourth-order valence-electron chi connectivity index (χ4n) is 2.94. The maximum Gasteiger partial charge on any atom is 0.151 e. The zero-order valence-electron chi connectivity index (χ0n) is 12.1. The van der Waals surface area contributed by atoms with Crippen LogP contribution in [0.2, 0.25) is 0 Å². The van der Waals surface area contributed by atoms with Crippen LogP contribution in [0.4, 0.5) is 0 Å². The van der Waals surface area contributed by atoms with Gasteiger partial charge in [-0.3, -0.25) is 0 Å². The molecule has 0 aliphatic heterocycles. The fraction of sp³-hybridized carbons (Fsp3) is 0.600. The van der Waals surface area contributed by atoms with Gasteiger partial charge in [0.05, 0.1) is 11.9 Å². The molecule has 1 aliphatic carbocycles. The van der Waals surface area contributed by atoms with Crippen molar-refractivity contribution < 1.29 is 13.2 Å². The van der Waals surface area contributed by atoms with Crippen LogP contribution in [0.25, 0.3) is 0 Å². The highest BCUT2D eigenvalue weighted by Gasteiger charge is 2.34. The lowest BCUT2D eigenvalue weighted by atomic mass is 10.1. The molecule has 4 nitrogen and oxygen atoms in total. The molecule has 0 aromatic heterocycles. The second-order valence-electron chi connectivity index (χ2n) is 5.49. The van der Waals surface area contributed by atoms with Crippen LogP contribution in [0.5, 0.6) is 0 Å². The standard InChI is InChI=1S/C15H23NO3S/c1-19-11-13-7-4-3-6-12(13)10-16-14-8-5-9-15(14)20(2,17)18/h3-4,6-7,14-16H,5,8-11H2,1-2H3. The maximum absolute atomic E-state index is 11.8. The zero-order chi connectivity index (χ0) is 14.6. The van der Waals surface area contributed by atoms with E-state index >= 15 is 0 Å². The van der Waals surface area contributed by atoms with Crippen LogP contribution in [0, 0.1) is 0 Å². The number of ether oxygens (including phenoxy) is 1. The number of nitrogens with one attached hydrogen (secondary N) is 1. The van der Waals surface area contributed by atoms with Gasteiger partial charge in [0.15, 0.2) is 9.84 Å². The van der Waals surface area contributed by atoms with E-state index in [0.29, 0.717) is 13.2 Å². The predicted octanol–water partition coefficient (Wildman–Crippen LogP) is 1.89. The summed E-state index contributed by atoms with van der Waals surface area (Å²) in [5, 5.41) is 3.18. The van der Waals surface area contributed by atoms with Crippen LogP contribution in [0.1, 0.15) is 30.4 Å². The SMILES string of the molecule is COCc1ccccc1CNC1CCCC1S(C)(=O)=O. The largest absolute Gasteiger partial charge is 0.380 e. The van der Waals surface area contributed by atoms with Crippen LogP contribution in [0.15, 0.2) is 24.3 Å². The van der Waals surface area contributed by atoms with Crippen molar-refractivity contribution in [3.63, 3.8) is 0 Å². The Morgan fingerprint density at radius 2 is 1.95 bits per heavy atom. The molecule has 0 amide bonds. The molecule has 1 saturated carbocycles. The molecule has 1 aromatic carbocycles. The normalized spacial score (nSPS) is 23.1. The summed E-state index contributed by atoms with van der Waals surface area (Å²) in [4.78, 5) is 0. The van der Waals surface area contributed by atoms with Gasteiger partial charge in [-0.1, -0.05) is 30.7 Å². The van der Waals surface area contributed by atoms with E-state index in [1.54, 1.807) is 7.11 Å². The van der Waals surface area contributed by atoms with E-state index in [1.807, 2.05) is 18.2 Å². The molecule has 1 N–H and O–H groups in total. The molecule has 0 saturated heterocycles. The highest BCUT2D eigenvalue weighted by molar-refractivity contribution is 7.91. The van der Waals surface area contributed by atoms with E-state index < -0.39 is 9.84 Å². The molecular formula is C15H23NO3S. The van der Waals surface area contributed by atoms with E-state index in [4.69, 9.17) is 4.74 Å². The number of sulfone groups is 1. The van der Waals surface area contributed by atoms with Crippen molar-refractivity contribution in [1.82, 2.24) is 5.32 Å². The molecule has 5 heteroatoms. The summed E-state index contributed by atoms with van der Waals surface area (Å²) in [5.41, 5.74) is 2.32. The van der Waals surface area contributed by atoms with E-state index in [9.17, 15) is 8.42 Å². The molecule has 1 aromatic rings. The van der Waals surface area contributed by atoms with Gasteiger partial charge in [0, 0.05) is 26.0 Å². The second-order valence-corrected chi connectivity index (χ2v) is 7.75. The van der Waals surface area contributed by atoms with E-state index in [0.717, 1.165) is 24.8 Å². The molecule has 0 radical (unpaired) electrons. The minimum atomic E-state index is -2.96. The van der Waals surface area contributed by atoms with E-state index in [-0.39, 0.29) is 11.3 Å². The molecule has 112 valence electrons. The lowest BCUT2D eigenvalue weighted by Gasteiger charge is -2.20. The lowest BCUT2D eigenvalue weighted by molar-refractivity contribution is 0.184. The minimum Gasteiger partial charge on any atom is -0.380 e. The van der Waals surface area contributed by atoms with Crippen LogP contribution in [-0.2, 0) is 27.7 Å². The first kappa shape index (κ1) is 15.5. The number of rotatable bonds is 6. The Balaban J connectivity index is 2.02. The van der Waals surface area contributed by atoms with Gasteiger partial charge < -0.3 is 10.1 Å². The average Bonchev–Trinajstić information content (AvgIpc) is 2.86. The predicted molar refractivity (Wildman–Crippen MR) is 80.3 cm³/mol. The number of methoxy groups -OCH3 is 1. The van der Waals surface area contributed by atoms with Crippen molar-refractivity contribution in [1.29, 1.82) is 0 Å². The Labute approximate surface area is 121 Å². The van der Waals surface area contributed by atoms with E-state index in [2.05, 4.69) is 11.4 Å². The Hall–Kier alpha value is -0.910. The monoisotopic (exact) mass is 297 g/mol. The zero-order valence-corrected chi connectivity index (χ0v) is 12.9. The van der Waals surface area contributed by atoms with Crippen LogP contribution >= 0.6 is 0 Å². The first-order valence-electron chi connectivity index (χ1n) is 7.00. The van der Waals surface area contributed by atoms with Crippen molar-refractivity contribution in [3.8, 4) is 0 Å². The van der Waals surface area contributed by atoms with Gasteiger partial charge >= 0.3 is 0 Å². The summed E-state index contributed by atoms with van der Waals surface area (Å²) >= 11 is 0. The molecule has 1 aliphatic rings. The number of hydrogen-bond acceptors (Lipinski definition) is 4.